The average Bonchev–Trinajstić information content (AvgIpc) is 3.49. The summed E-state index contributed by atoms with van der Waals surface area (Å²) in [5, 5.41) is 1.41. The number of pyridine rings is 2. The molecule has 12 heteroatoms. The normalized spacial score (nSPS) is 17.5. The highest BCUT2D eigenvalue weighted by Crippen LogP contribution is 2.30. The Hall–Kier alpha value is -2.10. The van der Waals surface area contributed by atoms with E-state index < -0.39 is 0 Å². The molecule has 0 aliphatic carbocycles. The Morgan fingerprint density at radius 2 is 1.71 bits per heavy atom. The molecule has 0 saturated carbocycles. The number of hydrogen-bond donors (Lipinski definition) is 1. The van der Waals surface area contributed by atoms with Gasteiger partial charge in [0.2, 0.25) is 0 Å². The van der Waals surface area contributed by atoms with Crippen molar-refractivity contribution in [2.75, 3.05) is 13.2 Å². The number of rotatable bonds is 1. The van der Waals surface area contributed by atoms with Gasteiger partial charge in [-0.1, -0.05) is 46.4 Å². The van der Waals surface area contributed by atoms with Gasteiger partial charge in [0.05, 0.1) is 36.6 Å². The number of imidazole rings is 2. The van der Waals surface area contributed by atoms with Crippen LogP contribution in [0.15, 0.2) is 37.1 Å². The van der Waals surface area contributed by atoms with Crippen LogP contribution in [0.1, 0.15) is 38.3 Å². The Kier molecular flexibility index (Phi) is 8.86. The highest BCUT2D eigenvalue weighted by atomic mass is 35.5. The topological polar surface area (TPSA) is 90.7 Å². The van der Waals surface area contributed by atoms with Gasteiger partial charge in [-0.25, -0.2) is 19.9 Å². The molecule has 0 bridgehead atoms. The van der Waals surface area contributed by atoms with E-state index in [1.165, 1.54) is 12.8 Å². The number of nitrogens with one attached hydrogen (secondary N) is 1. The number of nitrogens with zero attached hydrogens (tertiary/aromatic N) is 5. The van der Waals surface area contributed by atoms with E-state index in [-0.39, 0.29) is 6.23 Å². The molecule has 0 amide bonds. The lowest BCUT2D eigenvalue weighted by atomic mass is 10.2. The minimum Gasteiger partial charge on any atom is -0.502 e. The lowest BCUT2D eigenvalue weighted by molar-refractivity contribution is -0.0295. The fourth-order valence-electron chi connectivity index (χ4n) is 3.50. The van der Waals surface area contributed by atoms with E-state index in [9.17, 15) is 0 Å². The molecular weight excluding hydrogens is 522 g/mol. The second-order valence-corrected chi connectivity index (χ2v) is 8.99. The van der Waals surface area contributed by atoms with Crippen LogP contribution in [0.25, 0.3) is 22.1 Å². The van der Waals surface area contributed by atoms with E-state index in [4.69, 9.17) is 55.9 Å². The summed E-state index contributed by atoms with van der Waals surface area (Å²) in [7, 11) is 0. The molecule has 0 aromatic carbocycles. The van der Waals surface area contributed by atoms with Crippen molar-refractivity contribution in [1.82, 2.24) is 29.5 Å². The molecule has 34 heavy (non-hydrogen) atoms. The molecule has 180 valence electrons. The number of hydrogen-bond acceptors (Lipinski definition) is 6. The van der Waals surface area contributed by atoms with E-state index in [2.05, 4.69) is 24.9 Å². The number of fused-ring (bicyclic) bond motifs is 2. The van der Waals surface area contributed by atoms with Gasteiger partial charge < -0.3 is 19.0 Å². The maximum atomic E-state index is 6.00. The van der Waals surface area contributed by atoms with Crippen molar-refractivity contribution in [2.24, 2.45) is 0 Å². The van der Waals surface area contributed by atoms with Crippen LogP contribution in [0, 0.1) is 0 Å². The van der Waals surface area contributed by atoms with Crippen molar-refractivity contribution in [3.63, 3.8) is 0 Å². The smallest absolute Gasteiger partial charge is 0.158 e. The zero-order chi connectivity index (χ0) is 23.9. The second kappa shape index (κ2) is 12.0. The molecule has 0 radical (unpaired) electrons. The summed E-state index contributed by atoms with van der Waals surface area (Å²) in [5.74, 6) is 0. The summed E-state index contributed by atoms with van der Waals surface area (Å²) < 4.78 is 12.6. The molecule has 2 aliphatic rings. The zero-order valence-corrected chi connectivity index (χ0v) is 21.1. The van der Waals surface area contributed by atoms with Crippen molar-refractivity contribution in [2.45, 2.75) is 38.3 Å². The summed E-state index contributed by atoms with van der Waals surface area (Å²) >= 11 is 23.3. The van der Waals surface area contributed by atoms with Crippen molar-refractivity contribution < 1.29 is 9.47 Å². The van der Waals surface area contributed by atoms with Crippen molar-refractivity contribution in [3.8, 4) is 0 Å². The molecule has 1 unspecified atom stereocenters. The van der Waals surface area contributed by atoms with Gasteiger partial charge in [0.1, 0.15) is 27.6 Å². The second-order valence-electron chi connectivity index (χ2n) is 7.50. The van der Waals surface area contributed by atoms with Gasteiger partial charge in [-0.05, 0) is 38.2 Å². The minimum absolute atomic E-state index is 0.0308. The highest BCUT2D eigenvalue weighted by molar-refractivity contribution is 6.36. The van der Waals surface area contributed by atoms with E-state index in [0.29, 0.717) is 31.6 Å². The maximum Gasteiger partial charge on any atom is 0.158 e. The molecule has 6 rings (SSSR count). The maximum absolute atomic E-state index is 6.00. The van der Waals surface area contributed by atoms with Gasteiger partial charge in [-0.2, -0.15) is 0 Å². The van der Waals surface area contributed by atoms with Gasteiger partial charge in [0.25, 0.3) is 0 Å². The lowest BCUT2D eigenvalue weighted by Crippen LogP contribution is -2.17. The first kappa shape index (κ1) is 25.0. The molecule has 2 aliphatic heterocycles. The Labute approximate surface area is 216 Å². The number of halogens is 4. The summed E-state index contributed by atoms with van der Waals surface area (Å²) in [6, 6.07) is 3.45. The van der Waals surface area contributed by atoms with Crippen LogP contribution in [0.3, 0.4) is 0 Å². The number of allylic oxidation sites excluding steroid dienone is 1. The summed E-state index contributed by atoms with van der Waals surface area (Å²) in [5.41, 5.74) is 3.00. The largest absolute Gasteiger partial charge is 0.502 e. The first-order chi connectivity index (χ1) is 16.5. The van der Waals surface area contributed by atoms with E-state index in [0.717, 1.165) is 43.5 Å². The Bertz CT molecular complexity index is 1260. The van der Waals surface area contributed by atoms with Crippen LogP contribution in [0.4, 0.5) is 0 Å². The van der Waals surface area contributed by atoms with Gasteiger partial charge in [0.15, 0.2) is 10.3 Å². The molecule has 6 heterocycles. The third-order valence-corrected chi connectivity index (χ3v) is 6.03. The summed E-state index contributed by atoms with van der Waals surface area (Å²) in [6.07, 6.45) is 12.8. The first-order valence-electron chi connectivity index (χ1n) is 10.7. The third-order valence-electron chi connectivity index (χ3n) is 5.11. The van der Waals surface area contributed by atoms with Crippen LogP contribution in [0.2, 0.25) is 20.6 Å². The summed E-state index contributed by atoms with van der Waals surface area (Å²) in [4.78, 5) is 18.9. The van der Waals surface area contributed by atoms with Crippen molar-refractivity contribution in [3.05, 3.63) is 57.7 Å². The van der Waals surface area contributed by atoms with E-state index in [1.54, 1.807) is 31.0 Å². The Morgan fingerprint density at radius 1 is 0.912 bits per heavy atom. The number of aromatic nitrogens is 6. The average molecular weight is 544 g/mol. The fourth-order valence-corrected chi connectivity index (χ4v) is 4.45. The number of ether oxygens (including phenoxy) is 2. The van der Waals surface area contributed by atoms with Gasteiger partial charge in [-0.15, -0.1) is 0 Å². The molecular formula is C22H22Cl4N6O2. The molecule has 8 nitrogen and oxygen atoms in total. The predicted octanol–water partition coefficient (Wildman–Crippen LogP) is 7.01. The highest BCUT2D eigenvalue weighted by Gasteiger charge is 2.19. The third kappa shape index (κ3) is 6.31. The molecule has 1 fully saturated rings. The SMILES string of the molecule is C1=COCCC1.Clc1cc2[nH]cnc2c(Cl)n1.Clc1cc2c(ncn2C2CCCCO2)c(Cl)n1. The fraction of sp³-hybridized carbons (Fsp3) is 0.364. The first-order valence-corrected chi connectivity index (χ1v) is 12.3. The van der Waals surface area contributed by atoms with Crippen molar-refractivity contribution >= 4 is 68.5 Å². The van der Waals surface area contributed by atoms with Crippen molar-refractivity contribution in [1.29, 1.82) is 0 Å². The van der Waals surface area contributed by atoms with Crippen LogP contribution in [-0.2, 0) is 9.47 Å². The van der Waals surface area contributed by atoms with E-state index >= 15 is 0 Å². The monoisotopic (exact) mass is 542 g/mol. The number of H-pyrrole nitrogens is 1. The molecule has 1 N–H and O–H groups in total. The molecule has 4 aromatic heterocycles. The molecule has 1 atom stereocenters. The minimum atomic E-state index is 0.0308. The van der Waals surface area contributed by atoms with Gasteiger partial charge in [0, 0.05) is 18.7 Å². The predicted molar refractivity (Wildman–Crippen MR) is 135 cm³/mol. The van der Waals surface area contributed by atoms with Crippen LogP contribution in [-0.4, -0.2) is 42.7 Å². The molecule has 0 spiro atoms. The van der Waals surface area contributed by atoms with Gasteiger partial charge in [-0.3, -0.25) is 0 Å². The molecule has 4 aromatic rings. The Balaban J connectivity index is 0.000000137. The quantitative estimate of drug-likeness (QED) is 0.259. The zero-order valence-electron chi connectivity index (χ0n) is 18.1. The van der Waals surface area contributed by atoms with Crippen LogP contribution < -0.4 is 0 Å². The number of aromatic amines is 1. The van der Waals surface area contributed by atoms with Gasteiger partial charge >= 0.3 is 0 Å². The van der Waals surface area contributed by atoms with Crippen LogP contribution in [0.5, 0.6) is 0 Å². The van der Waals surface area contributed by atoms with E-state index in [1.807, 2.05) is 10.6 Å². The Morgan fingerprint density at radius 3 is 2.35 bits per heavy atom. The summed E-state index contributed by atoms with van der Waals surface area (Å²) in [6.45, 7) is 1.70. The molecule has 1 saturated heterocycles. The van der Waals surface area contributed by atoms with Crippen LogP contribution >= 0.6 is 46.4 Å². The lowest BCUT2D eigenvalue weighted by Gasteiger charge is -2.24. The standard InChI is InChI=1S/C11H11Cl2N3O.C6H3Cl2N3.C5H8O/c12-8-5-7-10(11(13)15-8)14-6-16(7)9-3-1-2-4-17-9;7-4-1-3-5(6(8)11-4)10-2-9-3;1-2-4-6-5-3-1/h5-6,9H,1-4H2;1-2H,(H,9,10);2,4H,1,3,5H2.